The van der Waals surface area contributed by atoms with Crippen molar-refractivity contribution in [3.8, 4) is 5.69 Å². The SMILES string of the molecule is Cc1ccc(-n2nc(C(=O)Nc3ccccc3CN3CCSCC3)c3c2CCC3)cc1. The molecule has 1 saturated heterocycles. The number of hydrogen-bond donors (Lipinski definition) is 1. The van der Waals surface area contributed by atoms with Gasteiger partial charge in [0.2, 0.25) is 0 Å². The maximum absolute atomic E-state index is 13.3. The average Bonchev–Trinajstić information content (AvgIpc) is 3.39. The first-order valence-electron chi connectivity index (χ1n) is 11.1. The van der Waals surface area contributed by atoms with Crippen molar-refractivity contribution < 1.29 is 4.79 Å². The van der Waals surface area contributed by atoms with Crippen LogP contribution in [0.4, 0.5) is 5.69 Å². The topological polar surface area (TPSA) is 50.2 Å². The summed E-state index contributed by atoms with van der Waals surface area (Å²) >= 11 is 2.01. The maximum Gasteiger partial charge on any atom is 0.276 e. The zero-order valence-electron chi connectivity index (χ0n) is 17.9. The van der Waals surface area contributed by atoms with Crippen LogP contribution >= 0.6 is 11.8 Å². The molecule has 5 nitrogen and oxygen atoms in total. The summed E-state index contributed by atoms with van der Waals surface area (Å²) in [4.78, 5) is 15.8. The average molecular weight is 433 g/mol. The molecule has 0 bridgehead atoms. The Morgan fingerprint density at radius 2 is 1.84 bits per heavy atom. The van der Waals surface area contributed by atoms with Gasteiger partial charge in [-0.1, -0.05) is 35.9 Å². The number of para-hydroxylation sites is 1. The van der Waals surface area contributed by atoms with E-state index in [9.17, 15) is 4.79 Å². The first kappa shape index (κ1) is 20.3. The molecule has 1 aliphatic heterocycles. The molecule has 5 rings (SSSR count). The van der Waals surface area contributed by atoms with Crippen LogP contribution in [0.3, 0.4) is 0 Å². The number of aryl methyl sites for hydroxylation is 1. The molecule has 0 spiro atoms. The molecule has 3 aromatic rings. The van der Waals surface area contributed by atoms with Gasteiger partial charge in [0.1, 0.15) is 0 Å². The Labute approximate surface area is 187 Å². The molecular weight excluding hydrogens is 404 g/mol. The number of nitrogens with one attached hydrogen (secondary N) is 1. The predicted molar refractivity (Wildman–Crippen MR) is 127 cm³/mol. The minimum Gasteiger partial charge on any atom is -0.320 e. The van der Waals surface area contributed by atoms with Crippen molar-refractivity contribution in [1.29, 1.82) is 0 Å². The largest absolute Gasteiger partial charge is 0.320 e. The molecular formula is C25H28N4OS. The fraction of sp³-hybridized carbons (Fsp3) is 0.360. The number of fused-ring (bicyclic) bond motifs is 1. The molecule has 0 unspecified atom stereocenters. The number of thioether (sulfide) groups is 1. The van der Waals surface area contributed by atoms with Crippen LogP contribution in [-0.2, 0) is 19.4 Å². The van der Waals surface area contributed by atoms with Crippen molar-refractivity contribution >= 4 is 23.4 Å². The van der Waals surface area contributed by atoms with Gasteiger partial charge in [0.05, 0.1) is 5.69 Å². The van der Waals surface area contributed by atoms with Crippen LogP contribution in [-0.4, -0.2) is 45.2 Å². The number of hydrogen-bond acceptors (Lipinski definition) is 4. The number of nitrogens with zero attached hydrogens (tertiary/aromatic N) is 3. The smallest absolute Gasteiger partial charge is 0.276 e. The van der Waals surface area contributed by atoms with Gasteiger partial charge in [0.15, 0.2) is 5.69 Å². The van der Waals surface area contributed by atoms with Crippen molar-refractivity contribution in [1.82, 2.24) is 14.7 Å². The van der Waals surface area contributed by atoms with E-state index in [1.807, 2.05) is 34.6 Å². The summed E-state index contributed by atoms with van der Waals surface area (Å²) in [6.07, 6.45) is 2.95. The van der Waals surface area contributed by atoms with Gasteiger partial charge < -0.3 is 5.32 Å². The fourth-order valence-electron chi connectivity index (χ4n) is 4.48. The molecule has 0 atom stereocenters. The number of aromatic nitrogens is 2. The molecule has 0 radical (unpaired) electrons. The Morgan fingerprint density at radius 3 is 2.65 bits per heavy atom. The van der Waals surface area contributed by atoms with E-state index in [0.29, 0.717) is 5.69 Å². The Bertz CT molecular complexity index is 1080. The summed E-state index contributed by atoms with van der Waals surface area (Å²) in [5, 5.41) is 7.94. The lowest BCUT2D eigenvalue weighted by Crippen LogP contribution is -2.32. The maximum atomic E-state index is 13.3. The van der Waals surface area contributed by atoms with Crippen LogP contribution in [0, 0.1) is 6.92 Å². The fourth-order valence-corrected chi connectivity index (χ4v) is 5.46. The van der Waals surface area contributed by atoms with Gasteiger partial charge in [-0.05, 0) is 49.9 Å². The Kier molecular flexibility index (Phi) is 5.83. The molecule has 1 amide bonds. The zero-order chi connectivity index (χ0) is 21.2. The Hall–Kier alpha value is -2.57. The summed E-state index contributed by atoms with van der Waals surface area (Å²) in [7, 11) is 0. The number of benzene rings is 2. The van der Waals surface area contributed by atoms with Crippen LogP contribution in [0.25, 0.3) is 5.69 Å². The van der Waals surface area contributed by atoms with Crippen molar-refractivity contribution in [3.63, 3.8) is 0 Å². The highest BCUT2D eigenvalue weighted by atomic mass is 32.2. The zero-order valence-corrected chi connectivity index (χ0v) is 18.8. The summed E-state index contributed by atoms with van der Waals surface area (Å²) in [5.41, 5.74) is 7.13. The minimum atomic E-state index is -0.106. The van der Waals surface area contributed by atoms with E-state index < -0.39 is 0 Å². The second-order valence-corrected chi connectivity index (χ2v) is 9.60. The molecule has 1 aromatic heterocycles. The number of amides is 1. The van der Waals surface area contributed by atoms with E-state index in [1.165, 1.54) is 22.8 Å². The molecule has 31 heavy (non-hydrogen) atoms. The van der Waals surface area contributed by atoms with Gasteiger partial charge >= 0.3 is 0 Å². The lowest BCUT2D eigenvalue weighted by Gasteiger charge is -2.27. The third-order valence-corrected chi connectivity index (χ3v) is 7.13. The summed E-state index contributed by atoms with van der Waals surface area (Å²) < 4.78 is 1.97. The highest BCUT2D eigenvalue weighted by molar-refractivity contribution is 7.99. The molecule has 2 aliphatic rings. The molecule has 1 aliphatic carbocycles. The second kappa shape index (κ2) is 8.89. The van der Waals surface area contributed by atoms with Crippen molar-refractivity contribution in [2.45, 2.75) is 32.7 Å². The van der Waals surface area contributed by atoms with Crippen LogP contribution in [0.1, 0.15) is 39.3 Å². The highest BCUT2D eigenvalue weighted by Gasteiger charge is 2.27. The van der Waals surface area contributed by atoms with Gasteiger partial charge in [0, 0.05) is 48.1 Å². The van der Waals surface area contributed by atoms with Crippen LogP contribution in [0.2, 0.25) is 0 Å². The lowest BCUT2D eigenvalue weighted by atomic mass is 10.1. The van der Waals surface area contributed by atoms with Crippen LogP contribution in [0.15, 0.2) is 48.5 Å². The van der Waals surface area contributed by atoms with E-state index in [2.05, 4.69) is 47.5 Å². The second-order valence-electron chi connectivity index (χ2n) is 8.37. The van der Waals surface area contributed by atoms with Gasteiger partial charge in [-0.3, -0.25) is 9.69 Å². The van der Waals surface area contributed by atoms with Crippen molar-refractivity contribution in [2.75, 3.05) is 29.9 Å². The van der Waals surface area contributed by atoms with Crippen LogP contribution in [0.5, 0.6) is 0 Å². The molecule has 6 heteroatoms. The van der Waals surface area contributed by atoms with Crippen molar-refractivity contribution in [3.05, 3.63) is 76.6 Å². The van der Waals surface area contributed by atoms with E-state index in [-0.39, 0.29) is 5.91 Å². The molecule has 1 fully saturated rings. The molecule has 0 saturated carbocycles. The third kappa shape index (κ3) is 4.27. The third-order valence-electron chi connectivity index (χ3n) is 6.19. The van der Waals surface area contributed by atoms with E-state index >= 15 is 0 Å². The quantitative estimate of drug-likeness (QED) is 0.646. The normalized spacial score (nSPS) is 16.3. The first-order chi connectivity index (χ1) is 15.2. The van der Waals surface area contributed by atoms with Crippen LogP contribution < -0.4 is 5.32 Å². The summed E-state index contributed by atoms with van der Waals surface area (Å²) in [6, 6.07) is 16.5. The minimum absolute atomic E-state index is 0.106. The van der Waals surface area contributed by atoms with E-state index in [0.717, 1.165) is 61.4 Å². The molecule has 2 aromatic carbocycles. The Balaban J connectivity index is 1.40. The molecule has 1 N–H and O–H groups in total. The summed E-state index contributed by atoms with van der Waals surface area (Å²) in [6.45, 7) is 5.14. The standard InChI is InChI=1S/C25H28N4OS/c1-18-9-11-20(12-10-18)29-23-8-4-6-21(23)24(27-29)25(30)26-22-7-3-2-5-19(22)17-28-13-15-31-16-14-28/h2-3,5,7,9-12H,4,6,8,13-17H2,1H3,(H,26,30). The van der Waals surface area contributed by atoms with Gasteiger partial charge in [0.25, 0.3) is 5.91 Å². The monoisotopic (exact) mass is 432 g/mol. The predicted octanol–water partition coefficient (Wildman–Crippen LogP) is 4.47. The molecule has 2 heterocycles. The molecule has 160 valence electrons. The van der Waals surface area contributed by atoms with E-state index in [1.54, 1.807) is 0 Å². The van der Waals surface area contributed by atoms with Gasteiger partial charge in [-0.15, -0.1) is 0 Å². The Morgan fingerprint density at radius 1 is 1.06 bits per heavy atom. The number of anilines is 1. The summed E-state index contributed by atoms with van der Waals surface area (Å²) in [5.74, 6) is 2.25. The van der Waals surface area contributed by atoms with Gasteiger partial charge in [-0.2, -0.15) is 16.9 Å². The lowest BCUT2D eigenvalue weighted by molar-refractivity contribution is 0.102. The number of carbonyl (C=O) groups excluding carboxylic acids is 1. The number of rotatable bonds is 5. The highest BCUT2D eigenvalue weighted by Crippen LogP contribution is 2.29. The van der Waals surface area contributed by atoms with E-state index in [4.69, 9.17) is 5.10 Å². The number of carbonyl (C=O) groups is 1. The van der Waals surface area contributed by atoms with Crippen molar-refractivity contribution in [2.24, 2.45) is 0 Å². The first-order valence-corrected chi connectivity index (χ1v) is 12.2. The van der Waals surface area contributed by atoms with Gasteiger partial charge in [-0.25, -0.2) is 4.68 Å².